The molecule has 0 aromatic heterocycles. The number of thioether (sulfide) groups is 1. The zero-order valence-electron chi connectivity index (χ0n) is 6.88. The third kappa shape index (κ3) is 3.01. The van der Waals surface area contributed by atoms with Crippen molar-refractivity contribution in [2.45, 2.75) is 6.04 Å². The first-order valence-electron chi connectivity index (χ1n) is 3.62. The van der Waals surface area contributed by atoms with E-state index in [2.05, 4.69) is 24.0 Å². The van der Waals surface area contributed by atoms with E-state index in [1.54, 1.807) is 0 Å². The van der Waals surface area contributed by atoms with Crippen molar-refractivity contribution in [3.05, 3.63) is 0 Å². The van der Waals surface area contributed by atoms with Crippen LogP contribution in [0.5, 0.6) is 0 Å². The van der Waals surface area contributed by atoms with Gasteiger partial charge in [0.2, 0.25) is 0 Å². The quantitative estimate of drug-likeness (QED) is 0.627. The standard InChI is InChI=1S/C7H13ClN2S/c1-10(2)4-7-9-6(3-8)5-11-7/h6H,3-5H2,1-2H3. The molecule has 0 spiro atoms. The van der Waals surface area contributed by atoms with E-state index < -0.39 is 0 Å². The first kappa shape index (κ1) is 9.36. The third-order valence-electron chi connectivity index (χ3n) is 1.40. The molecule has 0 fully saturated rings. The normalized spacial score (nSPS) is 24.4. The Morgan fingerprint density at radius 3 is 2.91 bits per heavy atom. The molecule has 4 heteroatoms. The summed E-state index contributed by atoms with van der Waals surface area (Å²) >= 11 is 7.50. The summed E-state index contributed by atoms with van der Waals surface area (Å²) in [5.41, 5.74) is 0. The summed E-state index contributed by atoms with van der Waals surface area (Å²) in [6.07, 6.45) is 0. The highest BCUT2D eigenvalue weighted by molar-refractivity contribution is 8.14. The first-order chi connectivity index (χ1) is 5.22. The molecule has 0 aliphatic carbocycles. The van der Waals surface area contributed by atoms with E-state index in [-0.39, 0.29) is 0 Å². The van der Waals surface area contributed by atoms with E-state index in [1.807, 2.05) is 11.8 Å². The number of nitrogens with zero attached hydrogens (tertiary/aromatic N) is 2. The number of alkyl halides is 1. The van der Waals surface area contributed by atoms with Crippen molar-refractivity contribution in [2.24, 2.45) is 4.99 Å². The lowest BCUT2D eigenvalue weighted by molar-refractivity contribution is 0.472. The van der Waals surface area contributed by atoms with Crippen LogP contribution in [-0.4, -0.2) is 48.3 Å². The molecule has 0 aromatic rings. The number of hydrogen-bond acceptors (Lipinski definition) is 3. The van der Waals surface area contributed by atoms with Gasteiger partial charge in [0.1, 0.15) is 0 Å². The Morgan fingerprint density at radius 2 is 2.45 bits per heavy atom. The predicted molar refractivity (Wildman–Crippen MR) is 53.0 cm³/mol. The van der Waals surface area contributed by atoms with Crippen LogP contribution in [0, 0.1) is 0 Å². The molecule has 1 heterocycles. The Bertz CT molecular complexity index is 159. The molecule has 1 atom stereocenters. The largest absolute Gasteiger partial charge is 0.303 e. The van der Waals surface area contributed by atoms with Crippen molar-refractivity contribution in [3.63, 3.8) is 0 Å². The molecule has 0 bridgehead atoms. The fourth-order valence-electron chi connectivity index (χ4n) is 0.907. The van der Waals surface area contributed by atoms with Crippen molar-refractivity contribution in [1.82, 2.24) is 4.90 Å². The van der Waals surface area contributed by atoms with Crippen molar-refractivity contribution < 1.29 is 0 Å². The highest BCUT2D eigenvalue weighted by Crippen LogP contribution is 2.18. The number of aliphatic imine (C=N–C) groups is 1. The maximum atomic E-state index is 5.68. The van der Waals surface area contributed by atoms with E-state index >= 15 is 0 Å². The Labute approximate surface area is 77.0 Å². The summed E-state index contributed by atoms with van der Waals surface area (Å²) in [5.74, 6) is 1.72. The van der Waals surface area contributed by atoms with Gasteiger partial charge >= 0.3 is 0 Å². The van der Waals surface area contributed by atoms with Gasteiger partial charge in [0.15, 0.2) is 0 Å². The molecule has 64 valence electrons. The Kier molecular flexibility index (Phi) is 3.69. The van der Waals surface area contributed by atoms with Gasteiger partial charge in [0.05, 0.1) is 11.1 Å². The van der Waals surface area contributed by atoms with Crippen LogP contribution in [0.25, 0.3) is 0 Å². The van der Waals surface area contributed by atoms with Crippen LogP contribution in [0.15, 0.2) is 4.99 Å². The summed E-state index contributed by atoms with van der Waals surface area (Å²) in [5, 5.41) is 1.22. The van der Waals surface area contributed by atoms with Crippen LogP contribution in [0.1, 0.15) is 0 Å². The molecule has 0 radical (unpaired) electrons. The molecule has 1 unspecified atom stereocenters. The summed E-state index contributed by atoms with van der Waals surface area (Å²) in [4.78, 5) is 6.58. The molecule has 0 saturated heterocycles. The second-order valence-corrected chi connectivity index (χ2v) is 4.28. The van der Waals surface area contributed by atoms with Gasteiger partial charge in [-0.1, -0.05) is 0 Å². The Hall–Kier alpha value is 0.270. The summed E-state index contributed by atoms with van der Waals surface area (Å²) in [7, 11) is 4.11. The van der Waals surface area contributed by atoms with Crippen LogP contribution in [-0.2, 0) is 0 Å². The van der Waals surface area contributed by atoms with Gasteiger partial charge in [0, 0.05) is 18.2 Å². The smallest absolute Gasteiger partial charge is 0.0821 e. The predicted octanol–water partition coefficient (Wildman–Crippen LogP) is 1.30. The van der Waals surface area contributed by atoms with Crippen LogP contribution in [0.4, 0.5) is 0 Å². The molecular formula is C7H13ClN2S. The zero-order chi connectivity index (χ0) is 8.27. The summed E-state index contributed by atoms with van der Waals surface area (Å²) < 4.78 is 0. The highest BCUT2D eigenvalue weighted by atomic mass is 35.5. The van der Waals surface area contributed by atoms with Crippen molar-refractivity contribution in [3.8, 4) is 0 Å². The number of rotatable bonds is 3. The molecular weight excluding hydrogens is 180 g/mol. The van der Waals surface area contributed by atoms with Gasteiger partial charge in [-0.05, 0) is 14.1 Å². The van der Waals surface area contributed by atoms with Gasteiger partial charge in [-0.25, -0.2) is 0 Å². The number of hydrogen-bond donors (Lipinski definition) is 0. The maximum Gasteiger partial charge on any atom is 0.0821 e. The Morgan fingerprint density at radius 1 is 1.73 bits per heavy atom. The summed E-state index contributed by atoms with van der Waals surface area (Å²) in [6, 6.07) is 0.358. The van der Waals surface area contributed by atoms with Gasteiger partial charge < -0.3 is 4.90 Å². The lowest BCUT2D eigenvalue weighted by Gasteiger charge is -2.07. The fourth-order valence-corrected chi connectivity index (χ4v) is 2.36. The van der Waals surface area contributed by atoms with E-state index in [4.69, 9.17) is 11.6 Å². The second-order valence-electron chi connectivity index (χ2n) is 2.88. The SMILES string of the molecule is CN(C)CC1=NC(CCl)CS1. The minimum Gasteiger partial charge on any atom is -0.303 e. The number of halogens is 1. The zero-order valence-corrected chi connectivity index (χ0v) is 8.45. The molecule has 11 heavy (non-hydrogen) atoms. The minimum atomic E-state index is 0.358. The van der Waals surface area contributed by atoms with Gasteiger partial charge in [-0.15, -0.1) is 23.4 Å². The van der Waals surface area contributed by atoms with Crippen LogP contribution in [0.3, 0.4) is 0 Å². The van der Waals surface area contributed by atoms with Gasteiger partial charge in [0.25, 0.3) is 0 Å². The minimum absolute atomic E-state index is 0.358. The molecule has 1 aliphatic heterocycles. The van der Waals surface area contributed by atoms with Crippen LogP contribution in [0.2, 0.25) is 0 Å². The molecule has 1 rings (SSSR count). The van der Waals surface area contributed by atoms with E-state index in [0.717, 1.165) is 12.3 Å². The molecule has 0 amide bonds. The van der Waals surface area contributed by atoms with E-state index in [0.29, 0.717) is 11.9 Å². The van der Waals surface area contributed by atoms with Crippen molar-refractivity contribution in [1.29, 1.82) is 0 Å². The van der Waals surface area contributed by atoms with Crippen LogP contribution < -0.4 is 0 Å². The van der Waals surface area contributed by atoms with E-state index in [9.17, 15) is 0 Å². The average molecular weight is 193 g/mol. The average Bonchev–Trinajstić information content (AvgIpc) is 2.34. The summed E-state index contributed by atoms with van der Waals surface area (Å²) in [6.45, 7) is 0.956. The van der Waals surface area contributed by atoms with Crippen molar-refractivity contribution >= 4 is 28.4 Å². The molecule has 1 aliphatic rings. The van der Waals surface area contributed by atoms with Gasteiger partial charge in [-0.3, -0.25) is 4.99 Å². The maximum absolute atomic E-state index is 5.68. The lowest BCUT2D eigenvalue weighted by atomic mass is 10.4. The van der Waals surface area contributed by atoms with E-state index in [1.165, 1.54) is 5.04 Å². The monoisotopic (exact) mass is 192 g/mol. The van der Waals surface area contributed by atoms with Crippen molar-refractivity contribution in [2.75, 3.05) is 32.3 Å². The Balaban J connectivity index is 2.36. The second kappa shape index (κ2) is 4.33. The topological polar surface area (TPSA) is 15.6 Å². The molecule has 0 saturated carbocycles. The van der Waals surface area contributed by atoms with Gasteiger partial charge in [-0.2, -0.15) is 0 Å². The molecule has 2 nitrogen and oxygen atoms in total. The molecule has 0 N–H and O–H groups in total. The highest BCUT2D eigenvalue weighted by Gasteiger charge is 2.16. The third-order valence-corrected chi connectivity index (χ3v) is 2.87. The lowest BCUT2D eigenvalue weighted by Crippen LogP contribution is -2.18. The fraction of sp³-hybridized carbons (Fsp3) is 0.857. The molecule has 0 aromatic carbocycles. The van der Waals surface area contributed by atoms with Crippen LogP contribution >= 0.6 is 23.4 Å². The first-order valence-corrected chi connectivity index (χ1v) is 5.14.